The van der Waals surface area contributed by atoms with Gasteiger partial charge in [0, 0.05) is 42.3 Å². The molecule has 1 atom stereocenters. The van der Waals surface area contributed by atoms with E-state index in [1.54, 1.807) is 29.2 Å². The average Bonchev–Trinajstić information content (AvgIpc) is 3.40. The zero-order chi connectivity index (χ0) is 22.8. The van der Waals surface area contributed by atoms with E-state index in [-0.39, 0.29) is 17.6 Å². The Morgan fingerprint density at radius 3 is 2.81 bits per heavy atom. The summed E-state index contributed by atoms with van der Waals surface area (Å²) in [6, 6.07) is 9.30. The molecule has 3 heterocycles. The van der Waals surface area contributed by atoms with Crippen LogP contribution in [0.25, 0.3) is 6.08 Å². The van der Waals surface area contributed by atoms with Crippen molar-refractivity contribution in [3.63, 3.8) is 0 Å². The van der Waals surface area contributed by atoms with E-state index in [4.69, 9.17) is 10.5 Å². The van der Waals surface area contributed by atoms with Crippen LogP contribution < -0.4 is 10.6 Å². The lowest BCUT2D eigenvalue weighted by atomic mass is 9.95. The Morgan fingerprint density at radius 1 is 1.31 bits per heavy atom. The smallest absolute Gasteiger partial charge is 0.268 e. The van der Waals surface area contributed by atoms with Crippen LogP contribution in [0.2, 0.25) is 0 Å². The largest absolute Gasteiger partial charge is 0.376 e. The lowest BCUT2D eigenvalue weighted by Crippen LogP contribution is -2.37. The number of aromatic nitrogens is 1. The van der Waals surface area contributed by atoms with Gasteiger partial charge in [-0.2, -0.15) is 5.26 Å². The molecular weight excluding hydrogens is 404 g/mol. The Balaban J connectivity index is 1.64. The van der Waals surface area contributed by atoms with E-state index in [1.807, 2.05) is 19.9 Å². The third-order valence-electron chi connectivity index (χ3n) is 6.43. The van der Waals surface area contributed by atoms with Crippen LogP contribution in [0.1, 0.15) is 52.1 Å². The molecule has 0 saturated carbocycles. The number of primary amides is 1. The molecule has 2 N–H and O–H groups in total. The van der Waals surface area contributed by atoms with Crippen molar-refractivity contribution in [3.8, 4) is 6.07 Å². The Hall–Kier alpha value is -3.37. The summed E-state index contributed by atoms with van der Waals surface area (Å²) in [7, 11) is 0. The monoisotopic (exact) mass is 432 g/mol. The lowest BCUT2D eigenvalue weighted by molar-refractivity contribution is -0.114. The first-order valence-electron chi connectivity index (χ1n) is 11.0. The van der Waals surface area contributed by atoms with Crippen LogP contribution in [0.15, 0.2) is 29.8 Å². The van der Waals surface area contributed by atoms with Gasteiger partial charge in [0.2, 0.25) is 5.91 Å². The molecule has 0 spiro atoms. The Kier molecular flexibility index (Phi) is 6.15. The lowest BCUT2D eigenvalue weighted by Gasteiger charge is -2.30. The van der Waals surface area contributed by atoms with Gasteiger partial charge in [0.25, 0.3) is 5.91 Å². The maximum absolute atomic E-state index is 13.4. The molecule has 1 unspecified atom stereocenters. The number of aryl methyl sites for hydroxylation is 1. The van der Waals surface area contributed by atoms with Gasteiger partial charge in [-0.15, -0.1) is 0 Å². The number of benzene rings is 1. The van der Waals surface area contributed by atoms with E-state index < -0.39 is 5.91 Å². The summed E-state index contributed by atoms with van der Waals surface area (Å²) in [6.45, 7) is 6.10. The van der Waals surface area contributed by atoms with Gasteiger partial charge in [-0.3, -0.25) is 9.59 Å². The zero-order valence-electron chi connectivity index (χ0n) is 18.6. The number of hydrogen-bond donors (Lipinski definition) is 1. The Morgan fingerprint density at radius 2 is 2.12 bits per heavy atom. The Bertz CT molecular complexity index is 1130. The first-order chi connectivity index (χ1) is 15.4. The van der Waals surface area contributed by atoms with Gasteiger partial charge in [-0.05, 0) is 74.9 Å². The number of carbonyl (C=O) groups is 2. The van der Waals surface area contributed by atoms with Crippen LogP contribution in [-0.4, -0.2) is 35.6 Å². The molecule has 0 bridgehead atoms. The average molecular weight is 433 g/mol. The predicted octanol–water partition coefficient (Wildman–Crippen LogP) is 3.27. The van der Waals surface area contributed by atoms with Gasteiger partial charge < -0.3 is 19.9 Å². The molecule has 32 heavy (non-hydrogen) atoms. The second-order valence-electron chi connectivity index (χ2n) is 8.47. The van der Waals surface area contributed by atoms with E-state index in [0.29, 0.717) is 30.6 Å². The summed E-state index contributed by atoms with van der Waals surface area (Å²) in [5, 5.41) is 9.81. The molecule has 1 saturated heterocycles. The summed E-state index contributed by atoms with van der Waals surface area (Å²) in [6.07, 6.45) is 5.39. The molecule has 7 heteroatoms. The van der Waals surface area contributed by atoms with Crippen molar-refractivity contribution >= 4 is 23.6 Å². The molecule has 1 aromatic heterocycles. The van der Waals surface area contributed by atoms with Crippen molar-refractivity contribution in [2.24, 2.45) is 5.73 Å². The fourth-order valence-corrected chi connectivity index (χ4v) is 4.76. The van der Waals surface area contributed by atoms with Crippen LogP contribution in [0.3, 0.4) is 0 Å². The van der Waals surface area contributed by atoms with E-state index >= 15 is 0 Å². The first-order valence-corrected chi connectivity index (χ1v) is 11.0. The fraction of sp³-hybridized carbons (Fsp3) is 0.400. The van der Waals surface area contributed by atoms with Gasteiger partial charge >= 0.3 is 0 Å². The SMILES string of the molecule is Cc1cc(/C=C(/C#N)C(=O)N2CCCc3c(C(N)=O)cccc32)c(C)n1CC1CCCO1. The van der Waals surface area contributed by atoms with Crippen molar-refractivity contribution in [1.82, 2.24) is 4.57 Å². The molecule has 0 aliphatic carbocycles. The topological polar surface area (TPSA) is 101 Å². The van der Waals surface area contributed by atoms with Gasteiger partial charge in [0.1, 0.15) is 11.6 Å². The van der Waals surface area contributed by atoms with E-state index in [2.05, 4.69) is 10.6 Å². The van der Waals surface area contributed by atoms with Crippen molar-refractivity contribution in [1.29, 1.82) is 5.26 Å². The summed E-state index contributed by atoms with van der Waals surface area (Å²) in [4.78, 5) is 26.8. The van der Waals surface area contributed by atoms with E-state index in [1.165, 1.54) is 0 Å². The molecule has 1 aromatic carbocycles. The minimum Gasteiger partial charge on any atom is -0.376 e. The number of rotatable bonds is 5. The van der Waals surface area contributed by atoms with Crippen LogP contribution in [0, 0.1) is 25.2 Å². The summed E-state index contributed by atoms with van der Waals surface area (Å²) < 4.78 is 7.96. The van der Waals surface area contributed by atoms with Crippen LogP contribution in [0.4, 0.5) is 5.69 Å². The number of ether oxygens (including phenoxy) is 1. The third-order valence-corrected chi connectivity index (χ3v) is 6.43. The molecule has 1 fully saturated rings. The Labute approximate surface area is 188 Å². The summed E-state index contributed by atoms with van der Waals surface area (Å²) in [5.41, 5.74) is 10.4. The van der Waals surface area contributed by atoms with Gasteiger partial charge in [-0.1, -0.05) is 6.07 Å². The molecule has 2 aliphatic heterocycles. The van der Waals surface area contributed by atoms with Crippen molar-refractivity contribution < 1.29 is 14.3 Å². The van der Waals surface area contributed by atoms with E-state index in [9.17, 15) is 14.9 Å². The minimum absolute atomic E-state index is 0.0692. The molecule has 7 nitrogen and oxygen atoms in total. The van der Waals surface area contributed by atoms with Crippen LogP contribution in [-0.2, 0) is 22.5 Å². The molecule has 0 radical (unpaired) electrons. The van der Waals surface area contributed by atoms with E-state index in [0.717, 1.165) is 48.5 Å². The number of nitrogens with zero attached hydrogens (tertiary/aromatic N) is 3. The normalized spacial score (nSPS) is 18.3. The highest BCUT2D eigenvalue weighted by Crippen LogP contribution is 2.31. The van der Waals surface area contributed by atoms with Crippen LogP contribution >= 0.6 is 0 Å². The molecule has 166 valence electrons. The molecular formula is C25H28N4O3. The minimum atomic E-state index is -0.508. The number of amides is 2. The zero-order valence-corrected chi connectivity index (χ0v) is 18.6. The third kappa shape index (κ3) is 4.06. The van der Waals surface area contributed by atoms with Crippen molar-refractivity contribution in [2.45, 2.75) is 52.2 Å². The molecule has 2 amide bonds. The second-order valence-corrected chi connectivity index (χ2v) is 8.47. The predicted molar refractivity (Wildman–Crippen MR) is 122 cm³/mol. The standard InChI is InChI=1S/C25H28N4O3/c1-16-12-18(17(2)29(16)15-20-6-5-11-32-20)13-19(14-26)25(31)28-10-4-8-21-22(24(27)30)7-3-9-23(21)28/h3,7,9,12-13,20H,4-6,8,10-11,15H2,1-2H3,(H2,27,30)/b19-13-. The van der Waals surface area contributed by atoms with Crippen molar-refractivity contribution in [2.75, 3.05) is 18.1 Å². The van der Waals surface area contributed by atoms with Gasteiger partial charge in [0.05, 0.1) is 6.10 Å². The number of hydrogen-bond acceptors (Lipinski definition) is 4. The molecule has 2 aliphatic rings. The van der Waals surface area contributed by atoms with Crippen molar-refractivity contribution in [3.05, 3.63) is 57.9 Å². The maximum Gasteiger partial charge on any atom is 0.268 e. The summed E-state index contributed by atoms with van der Waals surface area (Å²) in [5.74, 6) is -0.870. The number of fused-ring (bicyclic) bond motifs is 1. The molecule has 2 aromatic rings. The first kappa shape index (κ1) is 21.8. The highest BCUT2D eigenvalue weighted by Gasteiger charge is 2.28. The number of nitriles is 1. The van der Waals surface area contributed by atoms with Crippen LogP contribution in [0.5, 0.6) is 0 Å². The highest BCUT2D eigenvalue weighted by atomic mass is 16.5. The fourth-order valence-electron chi connectivity index (χ4n) is 4.76. The highest BCUT2D eigenvalue weighted by molar-refractivity contribution is 6.12. The number of anilines is 1. The van der Waals surface area contributed by atoms with Gasteiger partial charge in [0.15, 0.2) is 0 Å². The quantitative estimate of drug-likeness (QED) is 0.579. The van der Waals surface area contributed by atoms with Gasteiger partial charge in [-0.25, -0.2) is 0 Å². The summed E-state index contributed by atoms with van der Waals surface area (Å²) >= 11 is 0. The maximum atomic E-state index is 13.4. The number of carbonyl (C=O) groups excluding carboxylic acids is 2. The number of nitrogens with two attached hydrogens (primary N) is 1. The second kappa shape index (κ2) is 9.01. The molecule has 4 rings (SSSR count).